The Labute approximate surface area is 111 Å². The molecule has 1 rings (SSSR count). The van der Waals surface area contributed by atoms with Gasteiger partial charge in [-0.3, -0.25) is 4.79 Å². The minimum Gasteiger partial charge on any atom is -0.466 e. The minimum atomic E-state index is -0.00958. The van der Waals surface area contributed by atoms with Crippen LogP contribution >= 0.6 is 0 Å². The Morgan fingerprint density at radius 3 is 2.78 bits per heavy atom. The van der Waals surface area contributed by atoms with Gasteiger partial charge in [0.1, 0.15) is 0 Å². The van der Waals surface area contributed by atoms with E-state index >= 15 is 0 Å². The van der Waals surface area contributed by atoms with Crippen LogP contribution in [-0.2, 0) is 9.53 Å². The van der Waals surface area contributed by atoms with E-state index in [4.69, 9.17) is 4.74 Å². The summed E-state index contributed by atoms with van der Waals surface area (Å²) in [5.74, 6) is 0.0931. The molecule has 1 fully saturated rings. The van der Waals surface area contributed by atoms with Gasteiger partial charge in [0.25, 0.3) is 0 Å². The van der Waals surface area contributed by atoms with Gasteiger partial charge >= 0.3 is 5.97 Å². The lowest BCUT2D eigenvalue weighted by atomic mass is 9.85. The van der Waals surface area contributed by atoms with Crippen molar-refractivity contribution in [3.63, 3.8) is 0 Å². The average molecular weight is 256 g/mol. The van der Waals surface area contributed by atoms with E-state index in [0.717, 1.165) is 25.8 Å². The van der Waals surface area contributed by atoms with Gasteiger partial charge in [-0.05, 0) is 47.2 Å². The van der Waals surface area contributed by atoms with Crippen LogP contribution in [0.5, 0.6) is 0 Å². The Kier molecular flexibility index (Phi) is 6.65. The lowest BCUT2D eigenvalue weighted by Gasteiger charge is -2.30. The molecule has 0 aromatic carbocycles. The van der Waals surface area contributed by atoms with Crippen molar-refractivity contribution in [1.82, 2.24) is 10.2 Å². The molecule has 18 heavy (non-hydrogen) atoms. The number of carbonyl (C=O) groups excluding carboxylic acids is 1. The third-order valence-electron chi connectivity index (χ3n) is 3.88. The Hall–Kier alpha value is -0.610. The number of hydrogen-bond donors (Lipinski definition) is 1. The van der Waals surface area contributed by atoms with Gasteiger partial charge in [0.2, 0.25) is 0 Å². The van der Waals surface area contributed by atoms with Crippen molar-refractivity contribution in [1.29, 1.82) is 0 Å². The molecule has 1 aliphatic carbocycles. The minimum absolute atomic E-state index is 0.00958. The lowest BCUT2D eigenvalue weighted by molar-refractivity contribution is -0.149. The van der Waals surface area contributed by atoms with E-state index in [1.54, 1.807) is 0 Å². The molecule has 0 heterocycles. The molecule has 1 saturated carbocycles. The summed E-state index contributed by atoms with van der Waals surface area (Å²) in [5, 5.41) is 3.58. The molecular formula is C14H28N2O2. The van der Waals surface area contributed by atoms with Gasteiger partial charge in [-0.15, -0.1) is 0 Å². The van der Waals surface area contributed by atoms with Gasteiger partial charge in [0.15, 0.2) is 0 Å². The number of rotatable bonds is 6. The number of esters is 1. The van der Waals surface area contributed by atoms with Crippen LogP contribution in [0.4, 0.5) is 0 Å². The maximum Gasteiger partial charge on any atom is 0.308 e. The molecule has 4 nitrogen and oxygen atoms in total. The zero-order valence-corrected chi connectivity index (χ0v) is 12.2. The predicted octanol–water partition coefficient (Wildman–Crippen LogP) is 1.65. The van der Waals surface area contributed by atoms with Crippen LogP contribution in [0.2, 0.25) is 0 Å². The van der Waals surface area contributed by atoms with E-state index in [-0.39, 0.29) is 11.9 Å². The van der Waals surface area contributed by atoms with Crippen LogP contribution in [0.15, 0.2) is 0 Å². The number of ether oxygens (including phenoxy) is 1. The van der Waals surface area contributed by atoms with Crippen molar-refractivity contribution in [3.05, 3.63) is 0 Å². The highest BCUT2D eigenvalue weighted by atomic mass is 16.5. The number of likely N-dealkylation sites (N-methyl/N-ethyl adjacent to an activating group) is 1. The Balaban J connectivity index is 2.32. The lowest BCUT2D eigenvalue weighted by Crippen LogP contribution is -2.43. The molecule has 4 heteroatoms. The molecule has 0 bridgehead atoms. The number of nitrogens with one attached hydrogen (secondary N) is 1. The summed E-state index contributed by atoms with van der Waals surface area (Å²) in [6, 6.07) is 0.989. The highest BCUT2D eigenvalue weighted by Crippen LogP contribution is 2.25. The molecule has 3 unspecified atom stereocenters. The zero-order chi connectivity index (χ0) is 13.5. The maximum atomic E-state index is 11.7. The van der Waals surface area contributed by atoms with E-state index in [1.165, 1.54) is 6.42 Å². The molecule has 0 aromatic rings. The van der Waals surface area contributed by atoms with E-state index in [0.29, 0.717) is 18.7 Å². The zero-order valence-electron chi connectivity index (χ0n) is 12.2. The fourth-order valence-electron chi connectivity index (χ4n) is 2.37. The SMILES string of the molecule is CCOC(=O)C1CCCC(NCC(C)N(C)C)C1. The molecule has 0 saturated heterocycles. The Bertz CT molecular complexity index is 256. The van der Waals surface area contributed by atoms with Crippen molar-refractivity contribution in [2.75, 3.05) is 27.2 Å². The van der Waals surface area contributed by atoms with E-state index in [2.05, 4.69) is 31.2 Å². The van der Waals surface area contributed by atoms with Crippen LogP contribution in [0.3, 0.4) is 0 Å². The predicted molar refractivity (Wildman–Crippen MR) is 73.5 cm³/mol. The fourth-order valence-corrected chi connectivity index (χ4v) is 2.37. The van der Waals surface area contributed by atoms with Gasteiger partial charge in [-0.1, -0.05) is 6.42 Å². The second-order valence-electron chi connectivity index (χ2n) is 5.53. The monoisotopic (exact) mass is 256 g/mol. The quantitative estimate of drug-likeness (QED) is 0.734. The molecule has 1 N–H and O–H groups in total. The van der Waals surface area contributed by atoms with Crippen LogP contribution in [-0.4, -0.2) is 50.2 Å². The van der Waals surface area contributed by atoms with Crippen molar-refractivity contribution < 1.29 is 9.53 Å². The highest BCUT2D eigenvalue weighted by Gasteiger charge is 2.28. The normalized spacial score (nSPS) is 26.1. The van der Waals surface area contributed by atoms with Crippen molar-refractivity contribution in [2.45, 2.75) is 51.6 Å². The van der Waals surface area contributed by atoms with Crippen LogP contribution in [0, 0.1) is 5.92 Å². The molecule has 1 aliphatic rings. The van der Waals surface area contributed by atoms with Crippen LogP contribution in [0.1, 0.15) is 39.5 Å². The summed E-state index contributed by atoms with van der Waals surface area (Å²) in [5.41, 5.74) is 0. The second kappa shape index (κ2) is 7.74. The third kappa shape index (κ3) is 4.94. The summed E-state index contributed by atoms with van der Waals surface area (Å²) in [6.45, 7) is 5.55. The van der Waals surface area contributed by atoms with Gasteiger partial charge in [0, 0.05) is 18.6 Å². The first kappa shape index (κ1) is 15.4. The van der Waals surface area contributed by atoms with Gasteiger partial charge < -0.3 is 15.0 Å². The largest absolute Gasteiger partial charge is 0.466 e. The molecule has 0 aromatic heterocycles. The number of nitrogens with zero attached hydrogens (tertiary/aromatic N) is 1. The van der Waals surface area contributed by atoms with E-state index < -0.39 is 0 Å². The Morgan fingerprint density at radius 2 is 2.17 bits per heavy atom. The maximum absolute atomic E-state index is 11.7. The summed E-state index contributed by atoms with van der Waals surface area (Å²) in [4.78, 5) is 13.9. The molecular weight excluding hydrogens is 228 g/mol. The molecule has 0 spiro atoms. The Morgan fingerprint density at radius 1 is 1.44 bits per heavy atom. The van der Waals surface area contributed by atoms with Gasteiger partial charge in [-0.25, -0.2) is 0 Å². The summed E-state index contributed by atoms with van der Waals surface area (Å²) < 4.78 is 5.12. The van der Waals surface area contributed by atoms with Crippen molar-refractivity contribution in [2.24, 2.45) is 5.92 Å². The van der Waals surface area contributed by atoms with Gasteiger partial charge in [0.05, 0.1) is 12.5 Å². The number of hydrogen-bond acceptors (Lipinski definition) is 4. The topological polar surface area (TPSA) is 41.6 Å². The molecule has 0 aliphatic heterocycles. The smallest absolute Gasteiger partial charge is 0.308 e. The number of carbonyl (C=O) groups is 1. The molecule has 106 valence electrons. The van der Waals surface area contributed by atoms with Crippen LogP contribution in [0.25, 0.3) is 0 Å². The molecule has 0 amide bonds. The third-order valence-corrected chi connectivity index (χ3v) is 3.88. The molecule has 0 radical (unpaired) electrons. The van der Waals surface area contributed by atoms with Crippen molar-refractivity contribution >= 4 is 5.97 Å². The van der Waals surface area contributed by atoms with Crippen molar-refractivity contribution in [3.8, 4) is 0 Å². The summed E-state index contributed by atoms with van der Waals surface area (Å²) >= 11 is 0. The summed E-state index contributed by atoms with van der Waals surface area (Å²) in [6.07, 6.45) is 4.22. The second-order valence-corrected chi connectivity index (χ2v) is 5.53. The molecule has 3 atom stereocenters. The highest BCUT2D eigenvalue weighted by molar-refractivity contribution is 5.72. The van der Waals surface area contributed by atoms with E-state index in [1.807, 2.05) is 6.92 Å². The fraction of sp³-hybridized carbons (Fsp3) is 0.929. The summed E-state index contributed by atoms with van der Waals surface area (Å²) in [7, 11) is 4.18. The van der Waals surface area contributed by atoms with Gasteiger partial charge in [-0.2, -0.15) is 0 Å². The van der Waals surface area contributed by atoms with E-state index in [9.17, 15) is 4.79 Å². The first-order valence-electron chi connectivity index (χ1n) is 7.11. The standard InChI is InChI=1S/C14H28N2O2/c1-5-18-14(17)12-7-6-8-13(9-12)15-10-11(2)16(3)4/h11-13,15H,5-10H2,1-4H3. The first-order chi connectivity index (χ1) is 8.54. The average Bonchev–Trinajstić information content (AvgIpc) is 2.36. The van der Waals surface area contributed by atoms with Crippen LogP contribution < -0.4 is 5.32 Å². The first-order valence-corrected chi connectivity index (χ1v) is 7.11.